The standard InChI is InChI=1S/C32H31N5O5/c1-32(2,3)41-31(40)36-20-23(24-13-7-8-14-25(24)36)19-26-29(38)35(28-21-34-16-10-9-15-27(34)33-28)17-18-37(26)42-30(39)22-11-5-4-6-12-22/h4-16,20-21,26H,17-19H2,1-3H3/t26-/m1/s1. The molecular formula is C32H31N5O5. The van der Waals surface area contributed by atoms with E-state index in [1.54, 1.807) is 35.4 Å². The maximum atomic E-state index is 14.1. The first-order valence-corrected chi connectivity index (χ1v) is 13.8. The quantitative estimate of drug-likeness (QED) is 0.292. The molecule has 1 saturated heterocycles. The average molecular weight is 566 g/mol. The number of hydrogen-bond acceptors (Lipinski definition) is 7. The molecular weight excluding hydrogens is 534 g/mol. The molecule has 0 spiro atoms. The maximum absolute atomic E-state index is 14.1. The summed E-state index contributed by atoms with van der Waals surface area (Å²) in [5, 5.41) is 2.25. The van der Waals surface area contributed by atoms with Gasteiger partial charge in [0.25, 0.3) is 0 Å². The lowest BCUT2D eigenvalue weighted by atomic mass is 10.0. The van der Waals surface area contributed by atoms with Crippen LogP contribution in [0.2, 0.25) is 0 Å². The first-order valence-electron chi connectivity index (χ1n) is 13.8. The summed E-state index contributed by atoms with van der Waals surface area (Å²) >= 11 is 0. The van der Waals surface area contributed by atoms with Gasteiger partial charge in [0.2, 0.25) is 5.91 Å². The van der Waals surface area contributed by atoms with E-state index < -0.39 is 23.7 Å². The molecule has 1 amide bonds. The van der Waals surface area contributed by atoms with Crippen molar-refractivity contribution in [2.24, 2.45) is 0 Å². The minimum absolute atomic E-state index is 0.182. The number of hydroxylamine groups is 2. The van der Waals surface area contributed by atoms with Gasteiger partial charge in [-0.15, -0.1) is 5.06 Å². The normalized spacial score (nSPS) is 16.2. The summed E-state index contributed by atoms with van der Waals surface area (Å²) in [6.07, 6.45) is 5.05. The van der Waals surface area contributed by atoms with E-state index in [1.165, 1.54) is 9.63 Å². The van der Waals surface area contributed by atoms with Crippen molar-refractivity contribution in [1.82, 2.24) is 19.0 Å². The molecule has 10 heteroatoms. The summed E-state index contributed by atoms with van der Waals surface area (Å²) in [4.78, 5) is 52.4. The predicted molar refractivity (Wildman–Crippen MR) is 157 cm³/mol. The van der Waals surface area contributed by atoms with E-state index in [9.17, 15) is 14.4 Å². The van der Waals surface area contributed by atoms with Crippen LogP contribution >= 0.6 is 0 Å². The largest absolute Gasteiger partial charge is 0.443 e. The first kappa shape index (κ1) is 27.2. The molecule has 214 valence electrons. The van der Waals surface area contributed by atoms with Gasteiger partial charge in [0.1, 0.15) is 17.3 Å². The van der Waals surface area contributed by atoms with Crippen molar-refractivity contribution >= 4 is 40.3 Å². The number of ether oxygens (including phenoxy) is 1. The Balaban J connectivity index is 1.36. The molecule has 0 N–H and O–H groups in total. The average Bonchev–Trinajstić information content (AvgIpc) is 3.56. The van der Waals surface area contributed by atoms with E-state index in [4.69, 9.17) is 9.57 Å². The summed E-state index contributed by atoms with van der Waals surface area (Å²) in [6, 6.07) is 20.9. The Morgan fingerprint density at radius 1 is 0.929 bits per heavy atom. The minimum atomic E-state index is -0.867. The lowest BCUT2D eigenvalue weighted by Gasteiger charge is -2.38. The number of anilines is 1. The summed E-state index contributed by atoms with van der Waals surface area (Å²) in [5.74, 6) is -0.299. The Morgan fingerprint density at radius 2 is 1.67 bits per heavy atom. The fourth-order valence-corrected chi connectivity index (χ4v) is 5.16. The highest BCUT2D eigenvalue weighted by Gasteiger charge is 2.40. The number of imidazole rings is 1. The number of fused-ring (bicyclic) bond motifs is 2. The number of benzene rings is 2. The van der Waals surface area contributed by atoms with Crippen LogP contribution < -0.4 is 4.90 Å². The molecule has 1 atom stereocenters. The molecule has 1 fully saturated rings. The van der Waals surface area contributed by atoms with E-state index in [2.05, 4.69) is 4.98 Å². The van der Waals surface area contributed by atoms with Gasteiger partial charge in [-0.05, 0) is 56.7 Å². The van der Waals surface area contributed by atoms with E-state index in [-0.39, 0.29) is 25.4 Å². The van der Waals surface area contributed by atoms with Crippen molar-refractivity contribution in [3.05, 3.63) is 103 Å². The second-order valence-corrected chi connectivity index (χ2v) is 11.2. The highest BCUT2D eigenvalue weighted by Crippen LogP contribution is 2.28. The molecule has 0 bridgehead atoms. The fraction of sp³-hybridized carbons (Fsp3) is 0.250. The molecule has 0 unspecified atom stereocenters. The molecule has 2 aromatic carbocycles. The van der Waals surface area contributed by atoms with Crippen LogP contribution in [0.4, 0.5) is 10.6 Å². The number of rotatable bonds is 5. The van der Waals surface area contributed by atoms with Crippen LogP contribution in [0, 0.1) is 0 Å². The SMILES string of the molecule is CC(C)(C)OC(=O)n1cc(C[C@@H]2C(=O)N(c3cn4ccccc4n3)CCN2OC(=O)c2ccccc2)c2ccccc21. The number of hydrogen-bond donors (Lipinski definition) is 0. The van der Waals surface area contributed by atoms with Crippen molar-refractivity contribution < 1.29 is 24.0 Å². The van der Waals surface area contributed by atoms with E-state index >= 15 is 0 Å². The number of piperazine rings is 1. The van der Waals surface area contributed by atoms with Gasteiger partial charge in [0.05, 0.1) is 23.8 Å². The van der Waals surface area contributed by atoms with Gasteiger partial charge in [-0.25, -0.2) is 14.6 Å². The molecule has 0 radical (unpaired) electrons. The number of pyridine rings is 1. The number of carbonyl (C=O) groups excluding carboxylic acids is 3. The van der Waals surface area contributed by atoms with Crippen molar-refractivity contribution in [3.8, 4) is 0 Å². The molecule has 6 rings (SSSR count). The summed E-state index contributed by atoms with van der Waals surface area (Å²) in [5.41, 5.74) is 1.82. The number of amides is 1. The van der Waals surface area contributed by atoms with Crippen molar-refractivity contribution in [3.63, 3.8) is 0 Å². The van der Waals surface area contributed by atoms with Gasteiger partial charge in [-0.1, -0.05) is 42.5 Å². The van der Waals surface area contributed by atoms with Gasteiger partial charge in [0, 0.05) is 30.7 Å². The van der Waals surface area contributed by atoms with Crippen LogP contribution in [0.1, 0.15) is 36.7 Å². The van der Waals surface area contributed by atoms with Crippen LogP contribution in [-0.4, -0.2) is 61.7 Å². The summed E-state index contributed by atoms with van der Waals surface area (Å²) < 4.78 is 8.96. The Morgan fingerprint density at radius 3 is 2.43 bits per heavy atom. The molecule has 1 aliphatic rings. The number of nitrogens with zero attached hydrogens (tertiary/aromatic N) is 5. The van der Waals surface area contributed by atoms with Crippen LogP contribution in [0.5, 0.6) is 0 Å². The van der Waals surface area contributed by atoms with Crippen molar-refractivity contribution in [2.45, 2.75) is 38.8 Å². The van der Waals surface area contributed by atoms with Crippen LogP contribution in [0.3, 0.4) is 0 Å². The third-order valence-electron chi connectivity index (χ3n) is 7.08. The van der Waals surface area contributed by atoms with Crippen LogP contribution in [0.15, 0.2) is 91.4 Å². The topological polar surface area (TPSA) is 98.4 Å². The third kappa shape index (κ3) is 5.36. The van der Waals surface area contributed by atoms with Crippen molar-refractivity contribution in [1.29, 1.82) is 0 Å². The van der Waals surface area contributed by atoms with Gasteiger partial charge < -0.3 is 14.0 Å². The Hall–Kier alpha value is -4.96. The van der Waals surface area contributed by atoms with Gasteiger partial charge in [-0.2, -0.15) is 0 Å². The highest BCUT2D eigenvalue weighted by molar-refractivity contribution is 5.99. The van der Waals surface area contributed by atoms with Gasteiger partial charge >= 0.3 is 12.1 Å². The third-order valence-corrected chi connectivity index (χ3v) is 7.08. The lowest BCUT2D eigenvalue weighted by Crippen LogP contribution is -2.58. The summed E-state index contributed by atoms with van der Waals surface area (Å²) in [7, 11) is 0. The molecule has 1 aliphatic heterocycles. The van der Waals surface area contributed by atoms with E-state index in [0.29, 0.717) is 16.9 Å². The Bertz CT molecular complexity index is 1750. The van der Waals surface area contributed by atoms with Crippen molar-refractivity contribution in [2.75, 3.05) is 18.0 Å². The van der Waals surface area contributed by atoms with Crippen LogP contribution in [0.25, 0.3) is 16.6 Å². The zero-order chi connectivity index (χ0) is 29.4. The Kier molecular flexibility index (Phi) is 6.99. The molecule has 0 aliphatic carbocycles. The smallest absolute Gasteiger partial charge is 0.419 e. The lowest BCUT2D eigenvalue weighted by molar-refractivity contribution is -0.162. The highest BCUT2D eigenvalue weighted by atomic mass is 16.7. The zero-order valence-electron chi connectivity index (χ0n) is 23.6. The molecule has 10 nitrogen and oxygen atoms in total. The summed E-state index contributed by atoms with van der Waals surface area (Å²) in [6.45, 7) is 5.98. The molecule has 0 saturated carbocycles. The molecule has 5 aromatic rings. The number of carbonyl (C=O) groups is 3. The van der Waals surface area contributed by atoms with E-state index in [1.807, 2.05) is 86.1 Å². The second kappa shape index (κ2) is 10.8. The van der Waals surface area contributed by atoms with Crippen LogP contribution in [-0.2, 0) is 20.8 Å². The maximum Gasteiger partial charge on any atom is 0.419 e. The molecule has 3 aromatic heterocycles. The van der Waals surface area contributed by atoms with Gasteiger partial charge in [-0.3, -0.25) is 14.3 Å². The number of aromatic nitrogens is 3. The number of para-hydroxylation sites is 1. The molecule has 4 heterocycles. The van der Waals surface area contributed by atoms with Gasteiger partial charge in [0.15, 0.2) is 5.82 Å². The monoisotopic (exact) mass is 565 g/mol. The zero-order valence-corrected chi connectivity index (χ0v) is 23.6. The minimum Gasteiger partial charge on any atom is -0.443 e. The fourth-order valence-electron chi connectivity index (χ4n) is 5.16. The first-order chi connectivity index (χ1) is 20.2. The Labute approximate surface area is 242 Å². The molecule has 42 heavy (non-hydrogen) atoms. The second-order valence-electron chi connectivity index (χ2n) is 11.2. The van der Waals surface area contributed by atoms with E-state index in [0.717, 1.165) is 16.6 Å². The predicted octanol–water partition coefficient (Wildman–Crippen LogP) is 5.10.